The summed E-state index contributed by atoms with van der Waals surface area (Å²) < 4.78 is 0. The molecule has 122 valence electrons. The average molecular weight is 314 g/mol. The minimum atomic E-state index is -0.247. The SMILES string of the molecule is N#C/C(=C/Nc1ccc(N)cc1)C(=O)N1CCN(CCN)CC1. The monoisotopic (exact) mass is 314 g/mol. The molecule has 1 aromatic rings. The summed E-state index contributed by atoms with van der Waals surface area (Å²) in [6, 6.07) is 9.04. The second-order valence-corrected chi connectivity index (χ2v) is 5.36. The number of nitrogen functional groups attached to an aromatic ring is 1. The Morgan fingerprint density at radius 3 is 2.48 bits per heavy atom. The second kappa shape index (κ2) is 8.17. The summed E-state index contributed by atoms with van der Waals surface area (Å²) in [6.07, 6.45) is 1.44. The molecule has 1 amide bonds. The fourth-order valence-electron chi connectivity index (χ4n) is 2.40. The van der Waals surface area contributed by atoms with Crippen molar-refractivity contribution in [3.05, 3.63) is 36.0 Å². The molecule has 0 aliphatic carbocycles. The molecule has 5 N–H and O–H groups in total. The van der Waals surface area contributed by atoms with Gasteiger partial charge in [-0.2, -0.15) is 5.26 Å². The van der Waals surface area contributed by atoms with Crippen molar-refractivity contribution in [1.82, 2.24) is 9.80 Å². The molecule has 0 spiro atoms. The van der Waals surface area contributed by atoms with Crippen LogP contribution in [0.2, 0.25) is 0 Å². The Morgan fingerprint density at radius 2 is 1.91 bits per heavy atom. The zero-order chi connectivity index (χ0) is 16.7. The van der Waals surface area contributed by atoms with Gasteiger partial charge in [0.05, 0.1) is 0 Å². The molecule has 1 saturated heterocycles. The van der Waals surface area contributed by atoms with Crippen LogP contribution >= 0.6 is 0 Å². The maximum absolute atomic E-state index is 12.4. The zero-order valence-corrected chi connectivity index (χ0v) is 13.0. The van der Waals surface area contributed by atoms with E-state index in [2.05, 4.69) is 10.2 Å². The highest BCUT2D eigenvalue weighted by Crippen LogP contribution is 2.12. The number of benzene rings is 1. The summed E-state index contributed by atoms with van der Waals surface area (Å²) in [5, 5.41) is 12.2. The molecule has 23 heavy (non-hydrogen) atoms. The summed E-state index contributed by atoms with van der Waals surface area (Å²) >= 11 is 0. The Balaban J connectivity index is 1.95. The molecule has 0 unspecified atom stereocenters. The summed E-state index contributed by atoms with van der Waals surface area (Å²) in [7, 11) is 0. The fraction of sp³-hybridized carbons (Fsp3) is 0.375. The van der Waals surface area contributed by atoms with Gasteiger partial charge in [-0.05, 0) is 24.3 Å². The van der Waals surface area contributed by atoms with Crippen LogP contribution in [0.25, 0.3) is 0 Å². The highest BCUT2D eigenvalue weighted by molar-refractivity contribution is 5.97. The molecule has 0 radical (unpaired) electrons. The first-order chi connectivity index (χ1) is 11.1. The van der Waals surface area contributed by atoms with Crippen molar-refractivity contribution in [3.8, 4) is 6.07 Å². The van der Waals surface area contributed by atoms with Crippen LogP contribution in [0.5, 0.6) is 0 Å². The maximum Gasteiger partial charge on any atom is 0.266 e. The molecule has 1 aliphatic rings. The molecule has 0 saturated carbocycles. The fourth-order valence-corrected chi connectivity index (χ4v) is 2.40. The molecule has 1 aromatic carbocycles. The minimum absolute atomic E-state index is 0.0918. The van der Waals surface area contributed by atoms with Gasteiger partial charge in [0.15, 0.2) is 0 Å². The number of anilines is 2. The van der Waals surface area contributed by atoms with Crippen molar-refractivity contribution in [1.29, 1.82) is 5.26 Å². The highest BCUT2D eigenvalue weighted by atomic mass is 16.2. The minimum Gasteiger partial charge on any atom is -0.399 e. The van der Waals surface area contributed by atoms with Gasteiger partial charge in [0, 0.05) is 56.8 Å². The van der Waals surface area contributed by atoms with Crippen molar-refractivity contribution in [2.45, 2.75) is 0 Å². The predicted molar refractivity (Wildman–Crippen MR) is 90.2 cm³/mol. The quantitative estimate of drug-likeness (QED) is 0.406. The molecule has 1 aliphatic heterocycles. The third-order valence-electron chi connectivity index (χ3n) is 3.75. The van der Waals surface area contributed by atoms with Gasteiger partial charge in [0.25, 0.3) is 5.91 Å². The van der Waals surface area contributed by atoms with E-state index >= 15 is 0 Å². The van der Waals surface area contributed by atoms with E-state index in [9.17, 15) is 10.1 Å². The van der Waals surface area contributed by atoms with Crippen molar-refractivity contribution in [3.63, 3.8) is 0 Å². The number of nitriles is 1. The van der Waals surface area contributed by atoms with Crippen LogP contribution < -0.4 is 16.8 Å². The molecule has 1 heterocycles. The lowest BCUT2D eigenvalue weighted by atomic mass is 10.2. The first-order valence-electron chi connectivity index (χ1n) is 7.58. The second-order valence-electron chi connectivity index (χ2n) is 5.36. The lowest BCUT2D eigenvalue weighted by molar-refractivity contribution is -0.128. The molecule has 0 aromatic heterocycles. The van der Waals surface area contributed by atoms with Crippen molar-refractivity contribution >= 4 is 17.3 Å². The van der Waals surface area contributed by atoms with E-state index in [0.29, 0.717) is 25.3 Å². The largest absolute Gasteiger partial charge is 0.399 e. The topological polar surface area (TPSA) is 111 Å². The molecule has 0 atom stereocenters. The molecule has 0 bridgehead atoms. The Hall–Kier alpha value is -2.56. The normalized spacial score (nSPS) is 16.0. The molecule has 1 fully saturated rings. The van der Waals surface area contributed by atoms with E-state index in [1.165, 1.54) is 6.20 Å². The van der Waals surface area contributed by atoms with Gasteiger partial charge in [0.1, 0.15) is 11.6 Å². The zero-order valence-electron chi connectivity index (χ0n) is 13.0. The van der Waals surface area contributed by atoms with Crippen molar-refractivity contribution < 1.29 is 4.79 Å². The number of nitrogens with two attached hydrogens (primary N) is 2. The number of piperazine rings is 1. The molecule has 7 nitrogen and oxygen atoms in total. The number of nitrogens with zero attached hydrogens (tertiary/aromatic N) is 3. The van der Waals surface area contributed by atoms with E-state index in [1.54, 1.807) is 29.2 Å². The van der Waals surface area contributed by atoms with Crippen LogP contribution in [0.1, 0.15) is 0 Å². The van der Waals surface area contributed by atoms with Crippen LogP contribution in [0.4, 0.5) is 11.4 Å². The van der Waals surface area contributed by atoms with Gasteiger partial charge in [-0.15, -0.1) is 0 Å². The smallest absolute Gasteiger partial charge is 0.266 e. The third kappa shape index (κ3) is 4.71. The summed E-state index contributed by atoms with van der Waals surface area (Å²) in [4.78, 5) is 16.3. The van der Waals surface area contributed by atoms with Gasteiger partial charge in [-0.25, -0.2) is 0 Å². The molecular weight excluding hydrogens is 292 g/mol. The van der Waals surface area contributed by atoms with Crippen molar-refractivity contribution in [2.75, 3.05) is 50.3 Å². The van der Waals surface area contributed by atoms with Crippen LogP contribution in [0, 0.1) is 11.3 Å². The Kier molecular flexibility index (Phi) is 5.97. The molecular formula is C16H22N6O. The van der Waals surface area contributed by atoms with Crippen LogP contribution in [0.3, 0.4) is 0 Å². The van der Waals surface area contributed by atoms with Crippen molar-refractivity contribution in [2.24, 2.45) is 5.73 Å². The van der Waals surface area contributed by atoms with Crippen LogP contribution in [-0.2, 0) is 4.79 Å². The highest BCUT2D eigenvalue weighted by Gasteiger charge is 2.23. The Bertz CT molecular complexity index is 596. The number of amides is 1. The number of carbonyl (C=O) groups is 1. The van der Waals surface area contributed by atoms with Gasteiger partial charge in [-0.3, -0.25) is 9.69 Å². The summed E-state index contributed by atoms with van der Waals surface area (Å²) in [5.41, 5.74) is 12.7. The predicted octanol–water partition coefficient (Wildman–Crippen LogP) is 0.191. The standard InChI is InChI=1S/C16H22N6O/c17-5-6-21-7-9-22(10-8-21)16(23)13(11-18)12-20-15-3-1-14(19)2-4-15/h1-4,12,20H,5-10,17,19H2/b13-12-. The average Bonchev–Trinajstić information content (AvgIpc) is 2.58. The van der Waals surface area contributed by atoms with E-state index in [0.717, 1.165) is 25.3 Å². The number of carbonyl (C=O) groups excluding carboxylic acids is 1. The van der Waals surface area contributed by atoms with Gasteiger partial charge < -0.3 is 21.7 Å². The Labute approximate surface area is 136 Å². The lowest BCUT2D eigenvalue weighted by Crippen LogP contribution is -2.50. The maximum atomic E-state index is 12.4. The van der Waals surface area contributed by atoms with E-state index < -0.39 is 0 Å². The van der Waals surface area contributed by atoms with Gasteiger partial charge >= 0.3 is 0 Å². The Morgan fingerprint density at radius 1 is 1.26 bits per heavy atom. The number of hydrogen-bond donors (Lipinski definition) is 3. The van der Waals surface area contributed by atoms with E-state index in [-0.39, 0.29) is 11.5 Å². The third-order valence-corrected chi connectivity index (χ3v) is 3.75. The summed E-state index contributed by atoms with van der Waals surface area (Å²) in [6.45, 7) is 4.24. The molecule has 7 heteroatoms. The first-order valence-corrected chi connectivity index (χ1v) is 7.58. The molecule has 2 rings (SSSR count). The first kappa shape index (κ1) is 16.8. The van der Waals surface area contributed by atoms with Crippen LogP contribution in [0.15, 0.2) is 36.0 Å². The number of hydrogen-bond acceptors (Lipinski definition) is 6. The van der Waals surface area contributed by atoms with Gasteiger partial charge in [-0.1, -0.05) is 0 Å². The van der Waals surface area contributed by atoms with E-state index in [4.69, 9.17) is 11.5 Å². The lowest BCUT2D eigenvalue weighted by Gasteiger charge is -2.34. The van der Waals surface area contributed by atoms with E-state index in [1.807, 2.05) is 6.07 Å². The van der Waals surface area contributed by atoms with Crippen LogP contribution in [-0.4, -0.2) is 55.0 Å². The summed E-state index contributed by atoms with van der Waals surface area (Å²) in [5.74, 6) is -0.247. The van der Waals surface area contributed by atoms with Gasteiger partial charge in [0.2, 0.25) is 0 Å². The number of nitrogens with one attached hydrogen (secondary N) is 1. The number of rotatable bonds is 5.